The number of nitrogens with one attached hydrogen (secondary N) is 1. The van der Waals surface area contributed by atoms with Crippen LogP contribution in [-0.4, -0.2) is 78.7 Å². The van der Waals surface area contributed by atoms with Gasteiger partial charge >= 0.3 is 6.03 Å². The maximum absolute atomic E-state index is 13.7. The third kappa shape index (κ3) is 6.37. The predicted molar refractivity (Wildman–Crippen MR) is 137 cm³/mol. The molecule has 196 valence electrons. The van der Waals surface area contributed by atoms with Crippen LogP contribution in [0.1, 0.15) is 44.5 Å². The van der Waals surface area contributed by atoms with Gasteiger partial charge in [0.2, 0.25) is 0 Å². The van der Waals surface area contributed by atoms with Gasteiger partial charge in [0.1, 0.15) is 18.0 Å². The van der Waals surface area contributed by atoms with Crippen molar-refractivity contribution in [3.05, 3.63) is 47.8 Å². The van der Waals surface area contributed by atoms with Crippen LogP contribution in [0.15, 0.2) is 41.6 Å². The van der Waals surface area contributed by atoms with Gasteiger partial charge in [-0.25, -0.2) is 9.80 Å². The van der Waals surface area contributed by atoms with E-state index in [-0.39, 0.29) is 25.0 Å². The van der Waals surface area contributed by atoms with Crippen LogP contribution < -0.4 is 14.8 Å². The van der Waals surface area contributed by atoms with E-state index >= 15 is 0 Å². The largest absolute Gasteiger partial charge is 0.497 e. The molecular formula is C26H37N5O5. The average Bonchev–Trinajstić information content (AvgIpc) is 3.46. The first-order valence-corrected chi connectivity index (χ1v) is 11.9. The maximum atomic E-state index is 13.7. The molecule has 10 heteroatoms. The van der Waals surface area contributed by atoms with Crippen LogP contribution >= 0.6 is 0 Å². The minimum atomic E-state index is -0.451. The summed E-state index contributed by atoms with van der Waals surface area (Å²) in [7, 11) is 6.68. The van der Waals surface area contributed by atoms with E-state index in [1.165, 1.54) is 9.91 Å². The van der Waals surface area contributed by atoms with Crippen molar-refractivity contribution in [2.75, 3.05) is 41.0 Å². The monoisotopic (exact) mass is 499 g/mol. The molecule has 1 aromatic heterocycles. The minimum Gasteiger partial charge on any atom is -0.497 e. The zero-order valence-corrected chi connectivity index (χ0v) is 22.2. The minimum absolute atomic E-state index is 0.155. The highest BCUT2D eigenvalue weighted by Gasteiger charge is 2.37. The molecule has 3 amide bonds. The Bertz CT molecular complexity index is 1100. The SMILES string of the molecule is COCCN(CC(=O)N1N=C(c2cccn2C)CC1c1cc(OC)ccc1OC)C(=O)NC(C)(C)C. The second-order valence-corrected chi connectivity index (χ2v) is 9.71. The lowest BCUT2D eigenvalue weighted by Gasteiger charge is -2.30. The molecule has 1 N–H and O–H groups in total. The van der Waals surface area contributed by atoms with Gasteiger partial charge in [0.05, 0.1) is 38.3 Å². The fraction of sp³-hybridized carbons (Fsp3) is 0.500. The van der Waals surface area contributed by atoms with Gasteiger partial charge in [0.25, 0.3) is 5.91 Å². The number of carbonyl (C=O) groups excluding carboxylic acids is 2. The number of hydrogen-bond donors (Lipinski definition) is 1. The molecule has 0 bridgehead atoms. The lowest BCUT2D eigenvalue weighted by Crippen LogP contribution is -2.52. The smallest absolute Gasteiger partial charge is 0.318 e. The van der Waals surface area contributed by atoms with Crippen LogP contribution in [-0.2, 0) is 16.6 Å². The van der Waals surface area contributed by atoms with E-state index in [4.69, 9.17) is 19.3 Å². The lowest BCUT2D eigenvalue weighted by atomic mass is 9.99. The molecule has 0 aliphatic carbocycles. The van der Waals surface area contributed by atoms with E-state index in [2.05, 4.69) is 5.32 Å². The fourth-order valence-corrected chi connectivity index (χ4v) is 4.09. The molecule has 0 spiro atoms. The molecule has 2 aromatic rings. The molecule has 1 atom stereocenters. The number of rotatable bonds is 9. The Morgan fingerprint density at radius 3 is 2.50 bits per heavy atom. The van der Waals surface area contributed by atoms with Crippen LogP contribution in [0.2, 0.25) is 0 Å². The Morgan fingerprint density at radius 2 is 1.92 bits per heavy atom. The Hall–Kier alpha value is -3.53. The Kier molecular flexibility index (Phi) is 8.62. The summed E-state index contributed by atoms with van der Waals surface area (Å²) in [5, 5.41) is 9.13. The first-order valence-electron chi connectivity index (χ1n) is 11.9. The van der Waals surface area contributed by atoms with Gasteiger partial charge in [-0.2, -0.15) is 5.10 Å². The van der Waals surface area contributed by atoms with E-state index in [1.54, 1.807) is 21.3 Å². The zero-order chi connectivity index (χ0) is 26.5. The summed E-state index contributed by atoms with van der Waals surface area (Å²) in [4.78, 5) is 28.1. The number of aryl methyl sites for hydroxylation is 1. The van der Waals surface area contributed by atoms with E-state index in [1.807, 2.05) is 68.9 Å². The second kappa shape index (κ2) is 11.5. The van der Waals surface area contributed by atoms with Gasteiger partial charge in [-0.3, -0.25) is 4.79 Å². The molecule has 0 saturated carbocycles. The van der Waals surface area contributed by atoms with Gasteiger partial charge < -0.3 is 29.0 Å². The molecule has 1 aliphatic heterocycles. The second-order valence-electron chi connectivity index (χ2n) is 9.71. The Labute approximate surface area is 212 Å². The summed E-state index contributed by atoms with van der Waals surface area (Å²) < 4.78 is 18.2. The third-order valence-corrected chi connectivity index (χ3v) is 5.86. The van der Waals surface area contributed by atoms with Gasteiger partial charge in [-0.1, -0.05) is 0 Å². The summed E-state index contributed by atoms with van der Waals surface area (Å²) in [6, 6.07) is 8.63. The summed E-state index contributed by atoms with van der Waals surface area (Å²) >= 11 is 0. The quantitative estimate of drug-likeness (QED) is 0.572. The highest BCUT2D eigenvalue weighted by atomic mass is 16.5. The number of nitrogens with zero attached hydrogens (tertiary/aromatic N) is 4. The fourth-order valence-electron chi connectivity index (χ4n) is 4.09. The van der Waals surface area contributed by atoms with E-state index in [0.29, 0.717) is 24.5 Å². The summed E-state index contributed by atoms with van der Waals surface area (Å²) in [6.45, 7) is 6.09. The number of urea groups is 1. The number of benzene rings is 1. The van der Waals surface area contributed by atoms with Crippen LogP contribution in [0.3, 0.4) is 0 Å². The molecular weight excluding hydrogens is 462 g/mol. The van der Waals surface area contributed by atoms with Crippen LogP contribution in [0, 0.1) is 0 Å². The summed E-state index contributed by atoms with van der Waals surface area (Å²) in [5.74, 6) is 0.967. The first-order chi connectivity index (χ1) is 17.1. The van der Waals surface area contributed by atoms with Crippen LogP contribution in [0.4, 0.5) is 4.79 Å². The topological polar surface area (TPSA) is 97.6 Å². The van der Waals surface area contributed by atoms with Gasteiger partial charge in [0, 0.05) is 44.4 Å². The summed E-state index contributed by atoms with van der Waals surface area (Å²) in [5.41, 5.74) is 2.01. The maximum Gasteiger partial charge on any atom is 0.318 e. The average molecular weight is 500 g/mol. The highest BCUT2D eigenvalue weighted by Crippen LogP contribution is 2.39. The number of hydrogen-bond acceptors (Lipinski definition) is 6. The van der Waals surface area contributed by atoms with Gasteiger partial charge in [0.15, 0.2) is 0 Å². The molecule has 10 nitrogen and oxygen atoms in total. The lowest BCUT2D eigenvalue weighted by molar-refractivity contribution is -0.133. The molecule has 1 aliphatic rings. The standard InChI is InChI=1S/C26H37N5O5/c1-26(2,3)27-25(33)30(13-14-34-5)17-24(32)31-22(16-20(28-31)21-9-8-12-29(21)4)19-15-18(35-6)10-11-23(19)36-7/h8-12,15,22H,13-14,16-17H2,1-7H3,(H,27,33). The molecule has 0 radical (unpaired) electrons. The van der Waals surface area contributed by atoms with E-state index in [0.717, 1.165) is 17.0 Å². The van der Waals surface area contributed by atoms with Crippen LogP contribution in [0.25, 0.3) is 0 Å². The van der Waals surface area contributed by atoms with Crippen molar-refractivity contribution in [2.24, 2.45) is 12.1 Å². The highest BCUT2D eigenvalue weighted by molar-refractivity contribution is 6.02. The van der Waals surface area contributed by atoms with E-state index in [9.17, 15) is 9.59 Å². The normalized spacial score (nSPS) is 15.5. The predicted octanol–water partition coefficient (Wildman–Crippen LogP) is 3.18. The number of carbonyl (C=O) groups is 2. The first kappa shape index (κ1) is 27.1. The van der Waals surface area contributed by atoms with Crippen molar-refractivity contribution in [2.45, 2.75) is 38.8 Å². The van der Waals surface area contributed by atoms with Crippen molar-refractivity contribution in [3.8, 4) is 11.5 Å². The Balaban J connectivity index is 1.97. The molecule has 3 rings (SSSR count). The number of ether oxygens (including phenoxy) is 3. The van der Waals surface area contributed by atoms with E-state index < -0.39 is 11.6 Å². The number of hydrazone groups is 1. The summed E-state index contributed by atoms with van der Waals surface area (Å²) in [6.07, 6.45) is 2.42. The van der Waals surface area contributed by atoms with Crippen molar-refractivity contribution in [1.29, 1.82) is 0 Å². The number of aromatic nitrogens is 1. The third-order valence-electron chi connectivity index (χ3n) is 5.86. The van der Waals surface area contributed by atoms with Crippen molar-refractivity contribution >= 4 is 17.6 Å². The molecule has 36 heavy (non-hydrogen) atoms. The molecule has 0 fully saturated rings. The molecule has 1 unspecified atom stereocenters. The van der Waals surface area contributed by atoms with Crippen molar-refractivity contribution in [3.63, 3.8) is 0 Å². The molecule has 2 heterocycles. The number of methoxy groups -OCH3 is 3. The van der Waals surface area contributed by atoms with Gasteiger partial charge in [-0.15, -0.1) is 0 Å². The Morgan fingerprint density at radius 1 is 1.17 bits per heavy atom. The van der Waals surface area contributed by atoms with Crippen molar-refractivity contribution < 1.29 is 23.8 Å². The molecule has 0 saturated heterocycles. The van der Waals surface area contributed by atoms with Crippen LogP contribution in [0.5, 0.6) is 11.5 Å². The van der Waals surface area contributed by atoms with Gasteiger partial charge in [-0.05, 0) is 51.1 Å². The molecule has 1 aromatic carbocycles. The number of amides is 3. The van der Waals surface area contributed by atoms with Crippen molar-refractivity contribution in [1.82, 2.24) is 19.8 Å². The zero-order valence-electron chi connectivity index (χ0n) is 22.2.